The topological polar surface area (TPSA) is 43.1 Å². The average Bonchev–Trinajstić information content (AvgIpc) is 2.22. The van der Waals surface area contributed by atoms with E-state index in [1.807, 2.05) is 0 Å². The fraction of sp³-hybridized carbons (Fsp3) is 0.250. The number of carbonyl (C=O) groups is 1. The molecule has 0 heterocycles. The van der Waals surface area contributed by atoms with Crippen LogP contribution in [-0.2, 0) is 6.42 Å². The molecule has 0 aliphatic heterocycles. The van der Waals surface area contributed by atoms with Crippen molar-refractivity contribution in [1.82, 2.24) is 0 Å². The maximum atomic E-state index is 13.5. The molecular weight excluding hydrogens is 193 g/mol. The number of benzene rings is 1. The molecule has 1 aromatic carbocycles. The third-order valence-electron chi connectivity index (χ3n) is 2.20. The van der Waals surface area contributed by atoms with Crippen LogP contribution in [0.15, 0.2) is 24.8 Å². The van der Waals surface area contributed by atoms with Gasteiger partial charge in [-0.2, -0.15) is 0 Å². The Kier molecular flexibility index (Phi) is 3.61. The first-order chi connectivity index (χ1) is 7.10. The van der Waals surface area contributed by atoms with E-state index in [0.29, 0.717) is 24.1 Å². The zero-order valence-electron chi connectivity index (χ0n) is 8.72. The second kappa shape index (κ2) is 4.73. The number of hydrogen-bond donors (Lipinski definition) is 1. The summed E-state index contributed by atoms with van der Waals surface area (Å²) in [5.41, 5.74) is 6.74. The number of hydrogen-bond acceptors (Lipinski definition) is 2. The number of carbonyl (C=O) groups excluding carboxylic acids is 1. The summed E-state index contributed by atoms with van der Waals surface area (Å²) >= 11 is 0. The van der Waals surface area contributed by atoms with Gasteiger partial charge in [0.2, 0.25) is 0 Å². The van der Waals surface area contributed by atoms with Crippen molar-refractivity contribution in [2.45, 2.75) is 19.8 Å². The van der Waals surface area contributed by atoms with Crippen molar-refractivity contribution < 1.29 is 9.18 Å². The smallest absolute Gasteiger partial charge is 0.164 e. The third-order valence-corrected chi connectivity index (χ3v) is 2.20. The first-order valence-electron chi connectivity index (χ1n) is 4.82. The van der Waals surface area contributed by atoms with Crippen LogP contribution in [0.4, 0.5) is 10.1 Å². The first-order valence-corrected chi connectivity index (χ1v) is 4.82. The van der Waals surface area contributed by atoms with E-state index in [-0.39, 0.29) is 11.3 Å². The van der Waals surface area contributed by atoms with E-state index in [2.05, 4.69) is 6.58 Å². The van der Waals surface area contributed by atoms with Crippen LogP contribution in [0.1, 0.15) is 29.3 Å². The Morgan fingerprint density at radius 1 is 1.60 bits per heavy atom. The van der Waals surface area contributed by atoms with Gasteiger partial charge in [-0.15, -0.1) is 6.58 Å². The molecule has 15 heavy (non-hydrogen) atoms. The van der Waals surface area contributed by atoms with Gasteiger partial charge in [0, 0.05) is 17.7 Å². The predicted octanol–water partition coefficient (Wildman–Crippen LogP) is 2.73. The van der Waals surface area contributed by atoms with Gasteiger partial charge in [0.15, 0.2) is 5.78 Å². The highest BCUT2D eigenvalue weighted by molar-refractivity contribution is 6.00. The van der Waals surface area contributed by atoms with Gasteiger partial charge in [-0.05, 0) is 24.1 Å². The van der Waals surface area contributed by atoms with Crippen molar-refractivity contribution in [1.29, 1.82) is 0 Å². The molecule has 1 rings (SSSR count). The zero-order valence-corrected chi connectivity index (χ0v) is 8.72. The highest BCUT2D eigenvalue weighted by atomic mass is 19.1. The molecule has 0 bridgehead atoms. The summed E-state index contributed by atoms with van der Waals surface area (Å²) in [5.74, 6) is -0.544. The van der Waals surface area contributed by atoms with E-state index in [1.165, 1.54) is 12.1 Å². The molecule has 80 valence electrons. The molecule has 2 N–H and O–H groups in total. The number of allylic oxidation sites excluding steroid dienone is 1. The molecule has 0 aliphatic rings. The van der Waals surface area contributed by atoms with Gasteiger partial charge in [-0.25, -0.2) is 4.39 Å². The number of nitrogens with two attached hydrogens (primary N) is 1. The van der Waals surface area contributed by atoms with Gasteiger partial charge < -0.3 is 5.73 Å². The van der Waals surface area contributed by atoms with Crippen LogP contribution in [0.2, 0.25) is 0 Å². The lowest BCUT2D eigenvalue weighted by Crippen LogP contribution is -2.05. The number of ketones is 1. The number of rotatable bonds is 4. The molecule has 1 aromatic rings. The summed E-state index contributed by atoms with van der Waals surface area (Å²) in [4.78, 5) is 11.4. The highest BCUT2D eigenvalue weighted by Gasteiger charge is 2.11. The molecule has 0 saturated carbocycles. The standard InChI is InChI=1S/C12H14FNO/c1-3-5-8-6-11(14)9(7-10(8)13)12(15)4-2/h3,6-7H,1,4-5,14H2,2H3. The molecule has 0 aromatic heterocycles. The molecule has 0 spiro atoms. The minimum absolute atomic E-state index is 0.142. The van der Waals surface area contributed by atoms with Crippen molar-refractivity contribution in [2.24, 2.45) is 0 Å². The Morgan fingerprint density at radius 3 is 2.80 bits per heavy atom. The van der Waals surface area contributed by atoms with Gasteiger partial charge in [0.1, 0.15) is 5.82 Å². The SMILES string of the molecule is C=CCc1cc(N)c(C(=O)CC)cc1F. The average molecular weight is 207 g/mol. The number of anilines is 1. The van der Waals surface area contributed by atoms with Crippen LogP contribution in [-0.4, -0.2) is 5.78 Å². The summed E-state index contributed by atoms with van der Waals surface area (Å²) in [6.45, 7) is 5.25. The summed E-state index contributed by atoms with van der Waals surface area (Å²) in [6, 6.07) is 2.71. The van der Waals surface area contributed by atoms with Crippen molar-refractivity contribution in [3.8, 4) is 0 Å². The van der Waals surface area contributed by atoms with Crippen LogP contribution in [0, 0.1) is 5.82 Å². The van der Waals surface area contributed by atoms with E-state index in [4.69, 9.17) is 5.73 Å². The minimum Gasteiger partial charge on any atom is -0.398 e. The van der Waals surface area contributed by atoms with Gasteiger partial charge >= 0.3 is 0 Å². The van der Waals surface area contributed by atoms with Gasteiger partial charge in [-0.1, -0.05) is 13.0 Å². The highest BCUT2D eigenvalue weighted by Crippen LogP contribution is 2.20. The second-order valence-electron chi connectivity index (χ2n) is 3.30. The molecule has 0 aliphatic carbocycles. The Bertz CT molecular complexity index is 399. The molecule has 0 amide bonds. The largest absolute Gasteiger partial charge is 0.398 e. The van der Waals surface area contributed by atoms with Crippen LogP contribution in [0.5, 0.6) is 0 Å². The van der Waals surface area contributed by atoms with E-state index < -0.39 is 5.82 Å². The molecule has 2 nitrogen and oxygen atoms in total. The fourth-order valence-electron chi connectivity index (χ4n) is 1.38. The number of Topliss-reactive ketones (excluding diaryl/α,β-unsaturated/α-hetero) is 1. The summed E-state index contributed by atoms with van der Waals surface area (Å²) in [5, 5.41) is 0. The molecule has 3 heteroatoms. The summed E-state index contributed by atoms with van der Waals surface area (Å²) in [6.07, 6.45) is 2.33. The molecular formula is C12H14FNO. The van der Waals surface area contributed by atoms with Crippen LogP contribution in [0.25, 0.3) is 0 Å². The molecule has 0 radical (unpaired) electrons. The fourth-order valence-corrected chi connectivity index (χ4v) is 1.38. The zero-order chi connectivity index (χ0) is 11.4. The monoisotopic (exact) mass is 207 g/mol. The van der Waals surface area contributed by atoms with Crippen molar-refractivity contribution in [2.75, 3.05) is 5.73 Å². The lowest BCUT2D eigenvalue weighted by atomic mass is 10.0. The van der Waals surface area contributed by atoms with Crippen LogP contribution >= 0.6 is 0 Å². The van der Waals surface area contributed by atoms with Gasteiger partial charge in [0.25, 0.3) is 0 Å². The molecule has 0 atom stereocenters. The Hall–Kier alpha value is -1.64. The van der Waals surface area contributed by atoms with Crippen molar-refractivity contribution >= 4 is 11.5 Å². The molecule has 0 fully saturated rings. The molecule has 0 saturated heterocycles. The summed E-state index contributed by atoms with van der Waals surface area (Å²) < 4.78 is 13.5. The lowest BCUT2D eigenvalue weighted by molar-refractivity contribution is 0.0988. The number of halogens is 1. The number of nitrogen functional groups attached to an aromatic ring is 1. The lowest BCUT2D eigenvalue weighted by Gasteiger charge is -2.07. The van der Waals surface area contributed by atoms with E-state index in [1.54, 1.807) is 13.0 Å². The second-order valence-corrected chi connectivity index (χ2v) is 3.30. The van der Waals surface area contributed by atoms with E-state index in [0.717, 1.165) is 0 Å². The normalized spacial score (nSPS) is 10.0. The summed E-state index contributed by atoms with van der Waals surface area (Å²) in [7, 11) is 0. The maximum Gasteiger partial charge on any atom is 0.164 e. The van der Waals surface area contributed by atoms with Crippen molar-refractivity contribution in [3.05, 3.63) is 41.7 Å². The van der Waals surface area contributed by atoms with Gasteiger partial charge in [0.05, 0.1) is 0 Å². The minimum atomic E-state index is -0.402. The Labute approximate surface area is 88.6 Å². The Balaban J connectivity index is 3.18. The predicted molar refractivity (Wildman–Crippen MR) is 59.3 cm³/mol. The van der Waals surface area contributed by atoms with Crippen molar-refractivity contribution in [3.63, 3.8) is 0 Å². The van der Waals surface area contributed by atoms with E-state index >= 15 is 0 Å². The third kappa shape index (κ3) is 2.43. The van der Waals surface area contributed by atoms with Gasteiger partial charge in [-0.3, -0.25) is 4.79 Å². The molecule has 0 unspecified atom stereocenters. The van der Waals surface area contributed by atoms with Crippen LogP contribution in [0.3, 0.4) is 0 Å². The first kappa shape index (κ1) is 11.4. The quantitative estimate of drug-likeness (QED) is 0.468. The van der Waals surface area contributed by atoms with Crippen LogP contribution < -0.4 is 5.73 Å². The Morgan fingerprint density at radius 2 is 2.27 bits per heavy atom. The van der Waals surface area contributed by atoms with E-state index in [9.17, 15) is 9.18 Å². The maximum absolute atomic E-state index is 13.5.